The van der Waals surface area contributed by atoms with Crippen LogP contribution in [0, 0.1) is 0 Å². The summed E-state index contributed by atoms with van der Waals surface area (Å²) in [6, 6.07) is 12.5. The van der Waals surface area contributed by atoms with Gasteiger partial charge in [0.15, 0.2) is 0 Å². The van der Waals surface area contributed by atoms with Crippen LogP contribution in [0.4, 0.5) is 5.69 Å². The molecule has 0 aliphatic carbocycles. The van der Waals surface area contributed by atoms with E-state index in [9.17, 15) is 4.79 Å². The van der Waals surface area contributed by atoms with Crippen molar-refractivity contribution in [1.82, 2.24) is 0 Å². The van der Waals surface area contributed by atoms with Crippen LogP contribution in [0.5, 0.6) is 5.75 Å². The number of fused-ring (bicyclic) bond motifs is 1. The maximum absolute atomic E-state index is 12.1. The molecule has 0 saturated carbocycles. The Bertz CT molecular complexity index is 754. The lowest BCUT2D eigenvalue weighted by Crippen LogP contribution is -2.22. The number of carbonyl (C=O) groups excluding carboxylic acids is 1. The van der Waals surface area contributed by atoms with Crippen LogP contribution < -0.4 is 10.1 Å². The minimum Gasteiger partial charge on any atom is -0.497 e. The van der Waals surface area contributed by atoms with Crippen molar-refractivity contribution in [2.45, 2.75) is 13.0 Å². The summed E-state index contributed by atoms with van der Waals surface area (Å²) in [5.41, 5.74) is 3.18. The van der Waals surface area contributed by atoms with E-state index in [2.05, 4.69) is 10.3 Å². The lowest BCUT2D eigenvalue weighted by molar-refractivity contribution is -0.116. The topological polar surface area (TPSA) is 50.7 Å². The zero-order chi connectivity index (χ0) is 15.7. The van der Waals surface area contributed by atoms with Crippen LogP contribution in [0.2, 0.25) is 5.02 Å². The fourth-order valence-electron chi connectivity index (χ4n) is 2.36. The van der Waals surface area contributed by atoms with Gasteiger partial charge in [-0.3, -0.25) is 9.79 Å². The minimum atomic E-state index is -0.469. The van der Waals surface area contributed by atoms with Crippen LogP contribution in [0.3, 0.4) is 0 Å². The minimum absolute atomic E-state index is 0.132. The number of benzodiazepines with no additional fused rings is 1. The molecule has 0 aromatic heterocycles. The van der Waals surface area contributed by atoms with Gasteiger partial charge in [0, 0.05) is 16.1 Å². The molecule has 0 radical (unpaired) electrons. The van der Waals surface area contributed by atoms with Gasteiger partial charge in [0.25, 0.3) is 0 Å². The maximum Gasteiger partial charge on any atom is 0.248 e. The molecule has 5 heteroatoms. The van der Waals surface area contributed by atoms with E-state index in [0.29, 0.717) is 10.7 Å². The molecule has 1 amide bonds. The molecule has 0 saturated heterocycles. The van der Waals surface area contributed by atoms with E-state index in [1.807, 2.05) is 30.3 Å². The molecule has 1 N–H and O–H groups in total. The Hall–Kier alpha value is -2.33. The lowest BCUT2D eigenvalue weighted by Gasteiger charge is -2.11. The van der Waals surface area contributed by atoms with Gasteiger partial charge in [0.2, 0.25) is 5.91 Å². The summed E-state index contributed by atoms with van der Waals surface area (Å²) in [6.45, 7) is 1.77. The van der Waals surface area contributed by atoms with Gasteiger partial charge in [-0.2, -0.15) is 0 Å². The summed E-state index contributed by atoms with van der Waals surface area (Å²) < 4.78 is 5.18. The van der Waals surface area contributed by atoms with Gasteiger partial charge in [-0.25, -0.2) is 0 Å². The number of hydrogen-bond acceptors (Lipinski definition) is 3. The van der Waals surface area contributed by atoms with Crippen molar-refractivity contribution >= 4 is 28.9 Å². The fraction of sp³-hybridized carbons (Fsp3) is 0.176. The molecule has 4 nitrogen and oxygen atoms in total. The fourth-order valence-corrected chi connectivity index (χ4v) is 2.53. The number of amides is 1. The second-order valence-electron chi connectivity index (χ2n) is 5.06. The Morgan fingerprint density at radius 3 is 2.59 bits per heavy atom. The third-order valence-corrected chi connectivity index (χ3v) is 3.80. The van der Waals surface area contributed by atoms with E-state index in [4.69, 9.17) is 16.3 Å². The van der Waals surface area contributed by atoms with Crippen LogP contribution in [0.1, 0.15) is 18.1 Å². The van der Waals surface area contributed by atoms with E-state index in [1.165, 1.54) is 0 Å². The zero-order valence-corrected chi connectivity index (χ0v) is 13.0. The average molecular weight is 315 g/mol. The molecular weight excluding hydrogens is 300 g/mol. The van der Waals surface area contributed by atoms with Crippen molar-refractivity contribution in [2.75, 3.05) is 12.4 Å². The van der Waals surface area contributed by atoms with Gasteiger partial charge in [-0.15, -0.1) is 0 Å². The zero-order valence-electron chi connectivity index (χ0n) is 12.3. The van der Waals surface area contributed by atoms with E-state index >= 15 is 0 Å². The summed E-state index contributed by atoms with van der Waals surface area (Å²) in [4.78, 5) is 16.6. The number of ether oxygens (including phenoxy) is 1. The Morgan fingerprint density at radius 2 is 1.91 bits per heavy atom. The van der Waals surface area contributed by atoms with Crippen LogP contribution >= 0.6 is 11.6 Å². The van der Waals surface area contributed by atoms with Crippen LogP contribution in [-0.2, 0) is 4.79 Å². The molecule has 2 aromatic rings. The first-order chi connectivity index (χ1) is 10.6. The highest BCUT2D eigenvalue weighted by Gasteiger charge is 2.22. The van der Waals surface area contributed by atoms with Crippen LogP contribution in [0.15, 0.2) is 47.5 Å². The smallest absolute Gasteiger partial charge is 0.248 e. The number of rotatable bonds is 2. The molecule has 1 unspecified atom stereocenters. The molecule has 1 aliphatic heterocycles. The van der Waals surface area contributed by atoms with E-state index in [-0.39, 0.29) is 5.91 Å². The second kappa shape index (κ2) is 5.81. The normalized spacial score (nSPS) is 17.1. The van der Waals surface area contributed by atoms with E-state index in [1.54, 1.807) is 26.2 Å². The van der Waals surface area contributed by atoms with Gasteiger partial charge >= 0.3 is 0 Å². The number of carbonyl (C=O) groups is 1. The predicted octanol–water partition coefficient (Wildman–Crippen LogP) is 3.53. The first kappa shape index (κ1) is 14.6. The largest absolute Gasteiger partial charge is 0.497 e. The third kappa shape index (κ3) is 2.70. The Labute approximate surface area is 133 Å². The highest BCUT2D eigenvalue weighted by Crippen LogP contribution is 2.27. The molecule has 1 heterocycles. The number of hydrogen-bond donors (Lipinski definition) is 1. The lowest BCUT2D eigenvalue weighted by atomic mass is 10.0. The summed E-state index contributed by atoms with van der Waals surface area (Å²) in [5.74, 6) is 0.638. The van der Waals surface area contributed by atoms with Gasteiger partial charge in [-0.05, 0) is 49.4 Å². The number of anilines is 1. The number of nitrogens with one attached hydrogen (secondary N) is 1. The van der Waals surface area contributed by atoms with Crippen molar-refractivity contribution < 1.29 is 9.53 Å². The summed E-state index contributed by atoms with van der Waals surface area (Å²) in [6.07, 6.45) is 0. The molecule has 0 fully saturated rings. The molecule has 112 valence electrons. The van der Waals surface area contributed by atoms with Crippen LogP contribution in [-0.4, -0.2) is 24.8 Å². The van der Waals surface area contributed by atoms with E-state index < -0.39 is 6.04 Å². The number of benzene rings is 2. The molecule has 1 atom stereocenters. The van der Waals surface area contributed by atoms with Gasteiger partial charge in [0.1, 0.15) is 11.8 Å². The standard InChI is InChI=1S/C17H15ClN2O2/c1-10-17(21)20-15-8-5-12(18)9-14(15)16(19-10)11-3-6-13(22-2)7-4-11/h3-10H,1-2H3,(H,20,21). The molecular formula is C17H15ClN2O2. The highest BCUT2D eigenvalue weighted by atomic mass is 35.5. The number of methoxy groups -OCH3 is 1. The first-order valence-corrected chi connectivity index (χ1v) is 7.29. The van der Waals surface area contributed by atoms with Crippen molar-refractivity contribution in [3.05, 3.63) is 58.6 Å². The molecule has 2 aromatic carbocycles. The molecule has 3 rings (SSSR count). The quantitative estimate of drug-likeness (QED) is 0.922. The number of nitrogens with zero attached hydrogens (tertiary/aromatic N) is 1. The predicted molar refractivity (Wildman–Crippen MR) is 88.2 cm³/mol. The average Bonchev–Trinajstić information content (AvgIpc) is 2.65. The van der Waals surface area contributed by atoms with Crippen molar-refractivity contribution in [2.24, 2.45) is 4.99 Å². The molecule has 1 aliphatic rings. The van der Waals surface area contributed by atoms with Gasteiger partial charge < -0.3 is 10.1 Å². The van der Waals surface area contributed by atoms with Crippen molar-refractivity contribution in [1.29, 1.82) is 0 Å². The number of aliphatic imine (C=N–C) groups is 1. The van der Waals surface area contributed by atoms with Crippen LogP contribution in [0.25, 0.3) is 0 Å². The Balaban J connectivity index is 2.16. The van der Waals surface area contributed by atoms with Gasteiger partial charge in [0.05, 0.1) is 18.5 Å². The first-order valence-electron chi connectivity index (χ1n) is 6.91. The Kier molecular flexibility index (Phi) is 3.86. The van der Waals surface area contributed by atoms with Crippen molar-refractivity contribution in [3.63, 3.8) is 0 Å². The molecule has 0 spiro atoms. The van der Waals surface area contributed by atoms with E-state index in [0.717, 1.165) is 22.6 Å². The van der Waals surface area contributed by atoms with Crippen molar-refractivity contribution in [3.8, 4) is 5.75 Å². The highest BCUT2D eigenvalue weighted by molar-refractivity contribution is 6.32. The monoisotopic (exact) mass is 314 g/mol. The second-order valence-corrected chi connectivity index (χ2v) is 5.50. The summed E-state index contributed by atoms with van der Waals surface area (Å²) >= 11 is 6.12. The maximum atomic E-state index is 12.1. The summed E-state index contributed by atoms with van der Waals surface area (Å²) in [5, 5.41) is 3.49. The summed E-state index contributed by atoms with van der Waals surface area (Å²) in [7, 11) is 1.62. The SMILES string of the molecule is COc1ccc(C2=NC(C)C(=O)Nc3ccc(Cl)cc32)cc1. The third-order valence-electron chi connectivity index (χ3n) is 3.56. The van der Waals surface area contributed by atoms with Gasteiger partial charge in [-0.1, -0.05) is 11.6 Å². The number of halogens is 1. The molecule has 0 bridgehead atoms. The Morgan fingerprint density at radius 1 is 1.18 bits per heavy atom. The molecule has 22 heavy (non-hydrogen) atoms.